The maximum atomic E-state index is 13.5. The van der Waals surface area contributed by atoms with Gasteiger partial charge in [-0.25, -0.2) is 4.79 Å². The van der Waals surface area contributed by atoms with E-state index in [1.165, 1.54) is 0 Å². The maximum Gasteiger partial charge on any atom is 0.354 e. The van der Waals surface area contributed by atoms with Gasteiger partial charge in [0.15, 0.2) is 5.78 Å². The number of Topliss-reactive ketones (excluding diaryl/α,β-unsaturated/α-hetero) is 1. The molecule has 1 atom stereocenters. The molecule has 0 aliphatic carbocycles. The van der Waals surface area contributed by atoms with Gasteiger partial charge in [-0.05, 0) is 56.2 Å². The van der Waals surface area contributed by atoms with Crippen LogP contribution in [-0.4, -0.2) is 61.1 Å². The normalized spacial score (nSPS) is 18.4. The van der Waals surface area contributed by atoms with Gasteiger partial charge in [0.25, 0.3) is 0 Å². The second-order valence-electron chi connectivity index (χ2n) is 8.36. The van der Waals surface area contributed by atoms with E-state index in [4.69, 9.17) is 9.47 Å². The molecular weight excluding hydrogens is 434 g/mol. The van der Waals surface area contributed by atoms with Gasteiger partial charge < -0.3 is 14.4 Å². The third-order valence-corrected chi connectivity index (χ3v) is 6.28. The third kappa shape index (κ3) is 4.95. The Bertz CT molecular complexity index is 1060. The zero-order valence-electron chi connectivity index (χ0n) is 19.5. The van der Waals surface area contributed by atoms with E-state index in [9.17, 15) is 14.4 Å². The number of anilines is 1. The van der Waals surface area contributed by atoms with E-state index < -0.39 is 12.0 Å². The Labute approximate surface area is 199 Å². The average Bonchev–Trinajstić information content (AvgIpc) is 3.34. The van der Waals surface area contributed by atoms with Crippen LogP contribution in [0.3, 0.4) is 0 Å². The Balaban J connectivity index is 1.43. The van der Waals surface area contributed by atoms with E-state index in [2.05, 4.69) is 5.10 Å². The number of carbonyl (C=O) groups is 3. The number of hydrazone groups is 1. The molecule has 0 radical (unpaired) electrons. The minimum absolute atomic E-state index is 0.0921. The van der Waals surface area contributed by atoms with E-state index >= 15 is 0 Å². The number of likely N-dealkylation sites (tertiary alicyclic amines) is 1. The number of hydrogen-bond acceptors (Lipinski definition) is 7. The monoisotopic (exact) mass is 463 g/mol. The number of ketones is 1. The number of piperidine rings is 1. The zero-order valence-corrected chi connectivity index (χ0v) is 19.5. The fraction of sp³-hybridized carbons (Fsp3) is 0.385. The van der Waals surface area contributed by atoms with E-state index in [0.717, 1.165) is 5.69 Å². The highest BCUT2D eigenvalue weighted by Gasteiger charge is 2.40. The lowest BCUT2D eigenvalue weighted by molar-refractivity contribution is -0.135. The highest BCUT2D eigenvalue weighted by atomic mass is 16.5. The van der Waals surface area contributed by atoms with Crippen LogP contribution in [-0.2, 0) is 14.3 Å². The van der Waals surface area contributed by atoms with Crippen molar-refractivity contribution >= 4 is 29.1 Å². The van der Waals surface area contributed by atoms with E-state index in [0.29, 0.717) is 37.2 Å². The van der Waals surface area contributed by atoms with Crippen LogP contribution in [0.25, 0.3) is 0 Å². The van der Waals surface area contributed by atoms with Crippen molar-refractivity contribution in [1.82, 2.24) is 4.90 Å². The Morgan fingerprint density at radius 2 is 1.68 bits per heavy atom. The molecule has 0 N–H and O–H groups in total. The summed E-state index contributed by atoms with van der Waals surface area (Å²) in [5.74, 6) is 0.0812. The summed E-state index contributed by atoms with van der Waals surface area (Å²) in [5, 5.41) is 6.05. The lowest BCUT2D eigenvalue weighted by Gasteiger charge is -2.34. The van der Waals surface area contributed by atoms with E-state index in [-0.39, 0.29) is 36.3 Å². The SMILES string of the molecule is CCOC(=O)C1=NN(c2ccccc2)C(C(=O)N2CCC(C(=O)c3ccc(OC)cc3)CC2)C1. The first-order valence-electron chi connectivity index (χ1n) is 11.6. The predicted octanol–water partition coefficient (Wildman–Crippen LogP) is 3.31. The zero-order chi connectivity index (χ0) is 24.1. The number of hydrogen-bond donors (Lipinski definition) is 0. The van der Waals surface area contributed by atoms with Crippen molar-refractivity contribution in [3.8, 4) is 5.75 Å². The Hall–Kier alpha value is -3.68. The second kappa shape index (κ2) is 10.5. The van der Waals surface area contributed by atoms with Crippen LogP contribution < -0.4 is 9.75 Å². The maximum absolute atomic E-state index is 13.5. The molecule has 8 nitrogen and oxygen atoms in total. The molecule has 2 heterocycles. The van der Waals surface area contributed by atoms with Gasteiger partial charge in [0.2, 0.25) is 5.91 Å². The topological polar surface area (TPSA) is 88.5 Å². The number of rotatable bonds is 7. The largest absolute Gasteiger partial charge is 0.497 e. The summed E-state index contributed by atoms with van der Waals surface area (Å²) in [6.45, 7) is 2.96. The number of benzene rings is 2. The van der Waals surface area contributed by atoms with Crippen LogP contribution in [0.5, 0.6) is 5.75 Å². The summed E-state index contributed by atoms with van der Waals surface area (Å²) in [4.78, 5) is 40.5. The fourth-order valence-electron chi connectivity index (χ4n) is 4.42. The van der Waals surface area contributed by atoms with Crippen molar-refractivity contribution in [3.63, 3.8) is 0 Å². The molecule has 178 valence electrons. The smallest absolute Gasteiger partial charge is 0.354 e. The van der Waals surface area contributed by atoms with Crippen LogP contribution in [0.1, 0.15) is 36.5 Å². The molecule has 1 saturated heterocycles. The summed E-state index contributed by atoms with van der Waals surface area (Å²) < 4.78 is 10.3. The second-order valence-corrected chi connectivity index (χ2v) is 8.36. The molecule has 0 spiro atoms. The van der Waals surface area contributed by atoms with Gasteiger partial charge in [-0.3, -0.25) is 14.6 Å². The van der Waals surface area contributed by atoms with Crippen LogP contribution in [0.15, 0.2) is 59.7 Å². The van der Waals surface area contributed by atoms with Gasteiger partial charge >= 0.3 is 5.97 Å². The Morgan fingerprint density at radius 1 is 1.00 bits per heavy atom. The average molecular weight is 464 g/mol. The number of amides is 1. The first-order valence-corrected chi connectivity index (χ1v) is 11.6. The number of para-hydroxylation sites is 1. The third-order valence-electron chi connectivity index (χ3n) is 6.28. The number of carbonyl (C=O) groups excluding carboxylic acids is 3. The van der Waals surface area contributed by atoms with Gasteiger partial charge in [0, 0.05) is 31.0 Å². The fourth-order valence-corrected chi connectivity index (χ4v) is 4.42. The van der Waals surface area contributed by atoms with E-state index in [1.807, 2.05) is 30.3 Å². The minimum Gasteiger partial charge on any atom is -0.497 e. The highest BCUT2D eigenvalue weighted by Crippen LogP contribution is 2.29. The molecule has 8 heteroatoms. The molecule has 2 aliphatic rings. The summed E-state index contributed by atoms with van der Waals surface area (Å²) in [5.41, 5.74) is 1.64. The molecule has 2 aromatic carbocycles. The first-order chi connectivity index (χ1) is 16.5. The van der Waals surface area contributed by atoms with E-state index in [1.54, 1.807) is 48.2 Å². The molecule has 2 aliphatic heterocycles. The van der Waals surface area contributed by atoms with Crippen LogP contribution in [0.2, 0.25) is 0 Å². The molecule has 1 unspecified atom stereocenters. The molecule has 1 amide bonds. The summed E-state index contributed by atoms with van der Waals surface area (Å²) in [7, 11) is 1.59. The van der Waals surface area contributed by atoms with Gasteiger partial charge in [-0.2, -0.15) is 5.10 Å². The predicted molar refractivity (Wildman–Crippen MR) is 128 cm³/mol. The van der Waals surface area contributed by atoms with Gasteiger partial charge in [0.1, 0.15) is 17.5 Å². The number of nitrogens with zero attached hydrogens (tertiary/aromatic N) is 3. The first kappa shape index (κ1) is 23.5. The standard InChI is InChI=1S/C26H29N3O5/c1-3-34-26(32)22-17-23(29(27-22)20-7-5-4-6-8-20)25(31)28-15-13-19(14-16-28)24(30)18-9-11-21(33-2)12-10-18/h4-12,19,23H,3,13-17H2,1-2H3. The van der Waals surface area contributed by atoms with Crippen LogP contribution in [0.4, 0.5) is 5.69 Å². The molecule has 4 rings (SSSR count). The summed E-state index contributed by atoms with van der Waals surface area (Å²) in [6, 6.07) is 15.8. The molecular formula is C26H29N3O5. The van der Waals surface area contributed by atoms with Gasteiger partial charge in [-0.1, -0.05) is 18.2 Å². The van der Waals surface area contributed by atoms with Crippen molar-refractivity contribution in [2.24, 2.45) is 11.0 Å². The molecule has 2 aromatic rings. The Morgan fingerprint density at radius 3 is 2.29 bits per heavy atom. The van der Waals surface area contributed by atoms with Crippen molar-refractivity contribution in [3.05, 3.63) is 60.2 Å². The van der Waals surface area contributed by atoms with Gasteiger partial charge in [-0.15, -0.1) is 0 Å². The van der Waals surface area contributed by atoms with Crippen molar-refractivity contribution in [2.75, 3.05) is 31.8 Å². The van der Waals surface area contributed by atoms with Crippen LogP contribution in [0, 0.1) is 5.92 Å². The van der Waals surface area contributed by atoms with Crippen LogP contribution >= 0.6 is 0 Å². The molecule has 0 bridgehead atoms. The summed E-state index contributed by atoms with van der Waals surface area (Å²) >= 11 is 0. The highest BCUT2D eigenvalue weighted by molar-refractivity contribution is 6.38. The Kier molecular flexibility index (Phi) is 7.25. The quantitative estimate of drug-likeness (QED) is 0.462. The molecule has 1 fully saturated rings. The molecule has 34 heavy (non-hydrogen) atoms. The number of methoxy groups -OCH3 is 1. The lowest BCUT2D eigenvalue weighted by atomic mass is 9.88. The lowest BCUT2D eigenvalue weighted by Crippen LogP contribution is -2.49. The molecule has 0 saturated carbocycles. The van der Waals surface area contributed by atoms with Crippen molar-refractivity contribution < 1.29 is 23.9 Å². The van der Waals surface area contributed by atoms with Gasteiger partial charge in [0.05, 0.1) is 19.4 Å². The molecule has 0 aromatic heterocycles. The van der Waals surface area contributed by atoms with Crippen molar-refractivity contribution in [1.29, 1.82) is 0 Å². The van der Waals surface area contributed by atoms with Crippen molar-refractivity contribution in [2.45, 2.75) is 32.2 Å². The number of esters is 1. The number of ether oxygens (including phenoxy) is 2. The summed E-state index contributed by atoms with van der Waals surface area (Å²) in [6.07, 6.45) is 1.39. The minimum atomic E-state index is -0.615.